The highest BCUT2D eigenvalue weighted by atomic mass is 16.5. The van der Waals surface area contributed by atoms with E-state index in [0.717, 1.165) is 43.0 Å². The lowest BCUT2D eigenvalue weighted by atomic mass is 9.99. The minimum Gasteiger partial charge on any atom is -0.381 e. The van der Waals surface area contributed by atoms with Crippen molar-refractivity contribution in [2.75, 3.05) is 13.2 Å². The van der Waals surface area contributed by atoms with Gasteiger partial charge >= 0.3 is 0 Å². The lowest BCUT2D eigenvalue weighted by Gasteiger charge is -2.21. The van der Waals surface area contributed by atoms with E-state index < -0.39 is 0 Å². The topological polar surface area (TPSA) is 52.5 Å². The normalized spacial score (nSPS) is 17.7. The van der Waals surface area contributed by atoms with Crippen molar-refractivity contribution < 1.29 is 4.74 Å². The molecular formula is C13H17N3O. The second kappa shape index (κ2) is 4.47. The van der Waals surface area contributed by atoms with E-state index in [2.05, 4.69) is 27.7 Å². The number of rotatable bonds is 2. The molecule has 3 heterocycles. The molecule has 0 spiro atoms. The first-order valence-corrected chi connectivity index (χ1v) is 6.12. The van der Waals surface area contributed by atoms with Crippen LogP contribution in [0.5, 0.6) is 0 Å². The van der Waals surface area contributed by atoms with E-state index in [1.165, 1.54) is 0 Å². The standard InChI is InChI=1S/C13H17N3O/c14-8-10-1-4-16-12(7-10)9-15-13(16)11-2-5-17-6-3-11/h1,4,7,9,11H,2-3,5-6,8,14H2. The quantitative estimate of drug-likeness (QED) is 0.855. The number of hydrogen-bond donors (Lipinski definition) is 1. The second-order valence-electron chi connectivity index (χ2n) is 4.54. The molecule has 3 rings (SSSR count). The van der Waals surface area contributed by atoms with Crippen LogP contribution in [0.4, 0.5) is 0 Å². The molecule has 90 valence electrons. The van der Waals surface area contributed by atoms with E-state index in [-0.39, 0.29) is 0 Å². The van der Waals surface area contributed by atoms with Gasteiger partial charge in [0.2, 0.25) is 0 Å². The van der Waals surface area contributed by atoms with Crippen LogP contribution in [0.3, 0.4) is 0 Å². The van der Waals surface area contributed by atoms with E-state index in [0.29, 0.717) is 12.5 Å². The van der Waals surface area contributed by atoms with Crippen LogP contribution in [-0.2, 0) is 11.3 Å². The maximum Gasteiger partial charge on any atom is 0.116 e. The van der Waals surface area contributed by atoms with Crippen molar-refractivity contribution in [1.29, 1.82) is 0 Å². The Morgan fingerprint density at radius 1 is 1.41 bits per heavy atom. The van der Waals surface area contributed by atoms with Crippen LogP contribution in [0.15, 0.2) is 24.5 Å². The van der Waals surface area contributed by atoms with Gasteiger partial charge in [-0.25, -0.2) is 4.98 Å². The zero-order valence-electron chi connectivity index (χ0n) is 9.80. The maximum absolute atomic E-state index is 5.64. The molecule has 1 aliphatic rings. The molecule has 2 aromatic rings. The number of nitrogens with two attached hydrogens (primary N) is 1. The summed E-state index contributed by atoms with van der Waals surface area (Å²) in [5.74, 6) is 1.68. The number of fused-ring (bicyclic) bond motifs is 1. The Balaban J connectivity index is 1.99. The molecular weight excluding hydrogens is 214 g/mol. The molecule has 17 heavy (non-hydrogen) atoms. The summed E-state index contributed by atoms with van der Waals surface area (Å²) < 4.78 is 7.57. The lowest BCUT2D eigenvalue weighted by molar-refractivity contribution is 0.0835. The van der Waals surface area contributed by atoms with Gasteiger partial charge in [0.15, 0.2) is 0 Å². The highest BCUT2D eigenvalue weighted by molar-refractivity contribution is 5.48. The molecule has 0 aliphatic carbocycles. The molecule has 0 radical (unpaired) electrons. The molecule has 0 saturated carbocycles. The molecule has 0 atom stereocenters. The molecule has 1 aliphatic heterocycles. The third kappa shape index (κ3) is 1.94. The van der Waals surface area contributed by atoms with Crippen molar-refractivity contribution in [3.63, 3.8) is 0 Å². The third-order valence-electron chi connectivity index (χ3n) is 3.45. The summed E-state index contributed by atoms with van der Waals surface area (Å²) in [4.78, 5) is 4.56. The summed E-state index contributed by atoms with van der Waals surface area (Å²) >= 11 is 0. The molecule has 2 N–H and O–H groups in total. The zero-order chi connectivity index (χ0) is 11.7. The van der Waals surface area contributed by atoms with Crippen LogP contribution >= 0.6 is 0 Å². The fourth-order valence-electron chi connectivity index (χ4n) is 2.45. The Kier molecular flexibility index (Phi) is 2.82. The van der Waals surface area contributed by atoms with E-state index in [1.807, 2.05) is 6.20 Å². The number of nitrogens with zero attached hydrogens (tertiary/aromatic N) is 2. The van der Waals surface area contributed by atoms with Gasteiger partial charge in [-0.05, 0) is 30.5 Å². The van der Waals surface area contributed by atoms with E-state index >= 15 is 0 Å². The van der Waals surface area contributed by atoms with Crippen molar-refractivity contribution in [2.45, 2.75) is 25.3 Å². The smallest absolute Gasteiger partial charge is 0.116 e. The number of aromatic nitrogens is 2. The van der Waals surface area contributed by atoms with Crippen LogP contribution in [0.1, 0.15) is 30.1 Å². The zero-order valence-corrected chi connectivity index (χ0v) is 9.80. The number of imidazole rings is 1. The van der Waals surface area contributed by atoms with Crippen LogP contribution in [0.2, 0.25) is 0 Å². The van der Waals surface area contributed by atoms with Gasteiger partial charge in [0.25, 0.3) is 0 Å². The minimum absolute atomic E-state index is 0.523. The molecule has 0 bridgehead atoms. The maximum atomic E-state index is 5.64. The predicted molar refractivity (Wildman–Crippen MR) is 65.9 cm³/mol. The summed E-state index contributed by atoms with van der Waals surface area (Å²) in [7, 11) is 0. The molecule has 1 saturated heterocycles. The Labute approximate surface area is 100 Å². The van der Waals surface area contributed by atoms with Gasteiger partial charge in [-0.1, -0.05) is 0 Å². The Morgan fingerprint density at radius 2 is 2.24 bits per heavy atom. The van der Waals surface area contributed by atoms with Gasteiger partial charge in [-0.3, -0.25) is 0 Å². The van der Waals surface area contributed by atoms with Crippen LogP contribution in [-0.4, -0.2) is 22.6 Å². The van der Waals surface area contributed by atoms with Crippen molar-refractivity contribution in [3.05, 3.63) is 35.9 Å². The fraction of sp³-hybridized carbons (Fsp3) is 0.462. The van der Waals surface area contributed by atoms with E-state index in [1.54, 1.807) is 0 Å². The summed E-state index contributed by atoms with van der Waals surface area (Å²) in [5.41, 5.74) is 7.93. The minimum atomic E-state index is 0.523. The Bertz CT molecular complexity index is 514. The SMILES string of the molecule is NCc1ccn2c(C3CCOCC3)ncc2c1. The molecule has 1 fully saturated rings. The van der Waals surface area contributed by atoms with Gasteiger partial charge in [0.1, 0.15) is 5.82 Å². The molecule has 2 aromatic heterocycles. The van der Waals surface area contributed by atoms with Crippen LogP contribution < -0.4 is 5.73 Å². The Morgan fingerprint density at radius 3 is 3.00 bits per heavy atom. The third-order valence-corrected chi connectivity index (χ3v) is 3.45. The molecule has 0 amide bonds. The number of ether oxygens (including phenoxy) is 1. The first kappa shape index (κ1) is 10.7. The first-order chi connectivity index (χ1) is 8.38. The number of hydrogen-bond acceptors (Lipinski definition) is 3. The van der Waals surface area contributed by atoms with Crippen LogP contribution in [0, 0.1) is 0 Å². The summed E-state index contributed by atoms with van der Waals surface area (Å²) in [5, 5.41) is 0. The largest absolute Gasteiger partial charge is 0.381 e. The molecule has 0 aromatic carbocycles. The van der Waals surface area contributed by atoms with Crippen molar-refractivity contribution in [1.82, 2.24) is 9.38 Å². The molecule has 0 unspecified atom stereocenters. The van der Waals surface area contributed by atoms with Gasteiger partial charge < -0.3 is 14.9 Å². The summed E-state index contributed by atoms with van der Waals surface area (Å²) in [6, 6.07) is 4.17. The van der Waals surface area contributed by atoms with Gasteiger partial charge in [-0.2, -0.15) is 0 Å². The van der Waals surface area contributed by atoms with Gasteiger partial charge in [0.05, 0.1) is 11.7 Å². The average molecular weight is 231 g/mol. The summed E-state index contributed by atoms with van der Waals surface area (Å²) in [6.45, 7) is 2.27. The predicted octanol–water partition coefficient (Wildman–Crippen LogP) is 1.69. The van der Waals surface area contributed by atoms with Gasteiger partial charge in [-0.15, -0.1) is 0 Å². The van der Waals surface area contributed by atoms with Crippen molar-refractivity contribution >= 4 is 5.52 Å². The van der Waals surface area contributed by atoms with E-state index in [9.17, 15) is 0 Å². The van der Waals surface area contributed by atoms with Crippen molar-refractivity contribution in [3.8, 4) is 0 Å². The molecule has 4 heteroatoms. The average Bonchev–Trinajstić information content (AvgIpc) is 2.82. The second-order valence-corrected chi connectivity index (χ2v) is 4.54. The lowest BCUT2D eigenvalue weighted by Crippen LogP contribution is -2.16. The van der Waals surface area contributed by atoms with E-state index in [4.69, 9.17) is 10.5 Å². The van der Waals surface area contributed by atoms with Crippen molar-refractivity contribution in [2.24, 2.45) is 5.73 Å². The molecule has 4 nitrogen and oxygen atoms in total. The van der Waals surface area contributed by atoms with Gasteiger partial charge in [0, 0.05) is 31.9 Å². The number of pyridine rings is 1. The summed E-state index contributed by atoms with van der Waals surface area (Å²) in [6.07, 6.45) is 6.15. The monoisotopic (exact) mass is 231 g/mol. The highest BCUT2D eigenvalue weighted by Crippen LogP contribution is 2.26. The Hall–Kier alpha value is -1.39. The fourth-order valence-corrected chi connectivity index (χ4v) is 2.45. The first-order valence-electron chi connectivity index (χ1n) is 6.12. The van der Waals surface area contributed by atoms with Crippen LogP contribution in [0.25, 0.3) is 5.52 Å². The highest BCUT2D eigenvalue weighted by Gasteiger charge is 2.20.